The lowest BCUT2D eigenvalue weighted by Crippen LogP contribution is -2.66. The number of aromatic hydroxyl groups is 1. The molecule has 162 valence electrons. The average Bonchev–Trinajstić information content (AvgIpc) is 2.77. The van der Waals surface area contributed by atoms with Crippen LogP contribution < -0.4 is 0 Å². The van der Waals surface area contributed by atoms with Crippen molar-refractivity contribution in [3.05, 3.63) is 65.7 Å². The van der Waals surface area contributed by atoms with Crippen molar-refractivity contribution in [2.75, 3.05) is 13.1 Å². The second-order valence-corrected chi connectivity index (χ2v) is 9.42. The summed E-state index contributed by atoms with van der Waals surface area (Å²) in [5.74, 6) is 1.29. The highest BCUT2D eigenvalue weighted by Gasteiger charge is 2.49. The van der Waals surface area contributed by atoms with Crippen LogP contribution >= 0.6 is 0 Å². The molecule has 1 N–H and O–H groups in total. The lowest BCUT2D eigenvalue weighted by Gasteiger charge is -2.56. The van der Waals surface area contributed by atoms with Crippen molar-refractivity contribution in [2.24, 2.45) is 11.8 Å². The van der Waals surface area contributed by atoms with E-state index in [-0.39, 0.29) is 23.7 Å². The van der Waals surface area contributed by atoms with Gasteiger partial charge in [0, 0.05) is 31.6 Å². The molecule has 4 atom stereocenters. The number of carbonyl (C=O) groups is 2. The maximum atomic E-state index is 13.2. The van der Waals surface area contributed by atoms with Crippen molar-refractivity contribution in [2.45, 2.75) is 50.6 Å². The molecular weight excluding hydrogens is 388 g/mol. The monoisotopic (exact) mass is 418 g/mol. The van der Waals surface area contributed by atoms with Crippen molar-refractivity contribution in [1.29, 1.82) is 0 Å². The molecule has 0 unspecified atom stereocenters. The zero-order valence-electron chi connectivity index (χ0n) is 17.8. The first-order chi connectivity index (χ1) is 15.1. The molecule has 3 heterocycles. The van der Waals surface area contributed by atoms with Crippen LogP contribution in [0.1, 0.15) is 36.8 Å². The Morgan fingerprint density at radius 3 is 2.58 bits per heavy atom. The van der Waals surface area contributed by atoms with Crippen molar-refractivity contribution >= 4 is 11.8 Å². The minimum absolute atomic E-state index is 0.120. The summed E-state index contributed by atoms with van der Waals surface area (Å²) in [6, 6.07) is 17.8. The SMILES string of the molecule is O=C(Cc1cccc(O)c1)N1C[C@H]2C[C@@H](C1)[C@H](Cc1ccccc1)N1C(=O)CCC[C@@H]21. The Morgan fingerprint density at radius 2 is 1.77 bits per heavy atom. The first-order valence-corrected chi connectivity index (χ1v) is 11.5. The van der Waals surface area contributed by atoms with Gasteiger partial charge in [-0.05, 0) is 60.8 Å². The topological polar surface area (TPSA) is 60.9 Å². The summed E-state index contributed by atoms with van der Waals surface area (Å²) in [4.78, 5) is 30.4. The van der Waals surface area contributed by atoms with E-state index in [2.05, 4.69) is 29.2 Å². The summed E-state index contributed by atoms with van der Waals surface area (Å²) in [5.41, 5.74) is 2.10. The van der Waals surface area contributed by atoms with Gasteiger partial charge in [0.2, 0.25) is 11.8 Å². The molecule has 2 aromatic carbocycles. The van der Waals surface area contributed by atoms with Crippen LogP contribution in [0.25, 0.3) is 0 Å². The van der Waals surface area contributed by atoms with Crippen LogP contribution in [0.5, 0.6) is 5.75 Å². The van der Waals surface area contributed by atoms with Gasteiger partial charge in [-0.3, -0.25) is 9.59 Å². The Hall–Kier alpha value is -2.82. The molecule has 2 aromatic rings. The lowest BCUT2D eigenvalue weighted by atomic mass is 9.70. The third-order valence-electron chi connectivity index (χ3n) is 7.40. The van der Waals surface area contributed by atoms with E-state index in [1.165, 1.54) is 5.56 Å². The highest BCUT2D eigenvalue weighted by atomic mass is 16.3. The summed E-state index contributed by atoms with van der Waals surface area (Å²) in [7, 11) is 0. The highest BCUT2D eigenvalue weighted by molar-refractivity contribution is 5.80. The maximum Gasteiger partial charge on any atom is 0.227 e. The molecule has 3 fully saturated rings. The van der Waals surface area contributed by atoms with E-state index in [1.54, 1.807) is 18.2 Å². The molecule has 2 amide bonds. The number of likely N-dealkylation sites (tertiary alicyclic amines) is 1. The Bertz CT molecular complexity index is 960. The summed E-state index contributed by atoms with van der Waals surface area (Å²) in [6.07, 6.45) is 4.92. The Balaban J connectivity index is 1.38. The predicted octanol–water partition coefficient (Wildman–Crippen LogP) is 3.41. The van der Waals surface area contributed by atoms with Gasteiger partial charge in [0.05, 0.1) is 6.42 Å². The first kappa shape index (κ1) is 20.1. The van der Waals surface area contributed by atoms with Crippen LogP contribution in [-0.4, -0.2) is 51.9 Å². The van der Waals surface area contributed by atoms with Crippen LogP contribution in [-0.2, 0) is 22.4 Å². The Kier molecular flexibility index (Phi) is 5.43. The minimum atomic E-state index is 0.120. The highest BCUT2D eigenvalue weighted by Crippen LogP contribution is 2.42. The number of phenolic OH excluding ortho intramolecular Hbond substituents is 1. The van der Waals surface area contributed by atoms with Gasteiger partial charge in [-0.25, -0.2) is 0 Å². The molecule has 2 bridgehead atoms. The fraction of sp³-hybridized carbons (Fsp3) is 0.462. The van der Waals surface area contributed by atoms with Gasteiger partial charge in [-0.1, -0.05) is 42.5 Å². The summed E-state index contributed by atoms with van der Waals surface area (Å²) in [6.45, 7) is 1.45. The third kappa shape index (κ3) is 4.06. The zero-order valence-corrected chi connectivity index (χ0v) is 17.8. The number of carbonyl (C=O) groups excluding carboxylic acids is 2. The van der Waals surface area contributed by atoms with Gasteiger partial charge in [-0.2, -0.15) is 0 Å². The van der Waals surface area contributed by atoms with Gasteiger partial charge < -0.3 is 14.9 Å². The molecule has 3 aliphatic rings. The molecular formula is C26H30N2O3. The number of fused-ring (bicyclic) bond motifs is 4. The van der Waals surface area contributed by atoms with Crippen molar-refractivity contribution in [3.63, 3.8) is 0 Å². The molecule has 5 heteroatoms. The number of nitrogens with zero attached hydrogens (tertiary/aromatic N) is 2. The van der Waals surface area contributed by atoms with Gasteiger partial charge in [0.25, 0.3) is 0 Å². The van der Waals surface area contributed by atoms with E-state index in [4.69, 9.17) is 0 Å². The smallest absolute Gasteiger partial charge is 0.227 e. The van der Waals surface area contributed by atoms with E-state index in [0.29, 0.717) is 37.1 Å². The van der Waals surface area contributed by atoms with Gasteiger partial charge in [0.1, 0.15) is 5.75 Å². The normalized spacial score (nSPS) is 27.7. The number of benzene rings is 2. The molecule has 5 nitrogen and oxygen atoms in total. The molecule has 3 aliphatic heterocycles. The summed E-state index contributed by atoms with van der Waals surface area (Å²) < 4.78 is 0. The number of hydrogen-bond donors (Lipinski definition) is 1. The zero-order chi connectivity index (χ0) is 21.4. The van der Waals surface area contributed by atoms with E-state index in [1.807, 2.05) is 17.0 Å². The maximum absolute atomic E-state index is 13.2. The van der Waals surface area contributed by atoms with Crippen LogP contribution in [0.2, 0.25) is 0 Å². The fourth-order valence-corrected chi connectivity index (χ4v) is 6.05. The summed E-state index contributed by atoms with van der Waals surface area (Å²) in [5, 5.41) is 9.73. The molecule has 31 heavy (non-hydrogen) atoms. The molecule has 0 radical (unpaired) electrons. The quantitative estimate of drug-likeness (QED) is 0.828. The van der Waals surface area contributed by atoms with Crippen molar-refractivity contribution in [1.82, 2.24) is 9.80 Å². The average molecular weight is 419 g/mol. The van der Waals surface area contributed by atoms with Crippen molar-refractivity contribution < 1.29 is 14.7 Å². The second-order valence-electron chi connectivity index (χ2n) is 9.42. The Labute approximate surface area is 183 Å². The molecule has 0 aromatic heterocycles. The van der Waals surface area contributed by atoms with Crippen LogP contribution in [0.15, 0.2) is 54.6 Å². The van der Waals surface area contributed by atoms with Crippen LogP contribution in [0, 0.1) is 11.8 Å². The third-order valence-corrected chi connectivity index (χ3v) is 7.40. The number of phenols is 1. The molecule has 0 aliphatic carbocycles. The second kappa shape index (κ2) is 8.37. The van der Waals surface area contributed by atoms with Gasteiger partial charge in [-0.15, -0.1) is 0 Å². The Morgan fingerprint density at radius 1 is 1.00 bits per heavy atom. The summed E-state index contributed by atoms with van der Waals surface area (Å²) >= 11 is 0. The number of piperidine rings is 3. The number of hydrogen-bond acceptors (Lipinski definition) is 3. The van der Waals surface area contributed by atoms with E-state index in [9.17, 15) is 14.7 Å². The fourth-order valence-electron chi connectivity index (χ4n) is 6.05. The first-order valence-electron chi connectivity index (χ1n) is 11.5. The molecule has 3 saturated heterocycles. The van der Waals surface area contributed by atoms with Crippen LogP contribution in [0.3, 0.4) is 0 Å². The predicted molar refractivity (Wildman–Crippen MR) is 118 cm³/mol. The minimum Gasteiger partial charge on any atom is -0.508 e. The van der Waals surface area contributed by atoms with Crippen molar-refractivity contribution in [3.8, 4) is 5.75 Å². The van der Waals surface area contributed by atoms with Gasteiger partial charge in [0.15, 0.2) is 0 Å². The van der Waals surface area contributed by atoms with E-state index >= 15 is 0 Å². The lowest BCUT2D eigenvalue weighted by molar-refractivity contribution is -0.155. The van der Waals surface area contributed by atoms with Crippen LogP contribution in [0.4, 0.5) is 0 Å². The van der Waals surface area contributed by atoms with E-state index in [0.717, 1.165) is 37.8 Å². The number of rotatable bonds is 4. The van der Waals surface area contributed by atoms with Gasteiger partial charge >= 0.3 is 0 Å². The standard InChI is InChI=1S/C26H30N2O3/c29-22-9-4-8-19(12-22)14-26(31)27-16-20-15-21(17-27)24(13-18-6-2-1-3-7-18)28-23(20)10-5-11-25(28)30/h1-4,6-9,12,20-21,23-24,29H,5,10-11,13-17H2/t20-,21+,23+,24+/m1/s1. The molecule has 0 spiro atoms. The largest absolute Gasteiger partial charge is 0.508 e. The van der Waals surface area contributed by atoms with E-state index < -0.39 is 0 Å². The molecule has 5 rings (SSSR count). The number of amides is 2. The molecule has 0 saturated carbocycles.